The van der Waals surface area contributed by atoms with Crippen LogP contribution < -0.4 is 14.8 Å². The Kier molecular flexibility index (Phi) is 5.69. The minimum absolute atomic E-state index is 0.169. The maximum absolute atomic E-state index is 13.0. The second kappa shape index (κ2) is 9.53. The van der Waals surface area contributed by atoms with Crippen molar-refractivity contribution in [2.75, 3.05) is 18.7 Å². The number of anilines is 1. The standard InChI is InChI=1S/C29H24N6O5/c1-2-34-22-6-4-3-5-19(22)20-14-18(8-10-23(20)34)30-26(36)15-35-27(37)12-9-21(32-35)29-31-28(33-40-29)17-7-11-24-25(13-17)39-16-38-24/h3-8,10-11,13-14H,2,9,12,15-16H2,1H3,(H,30,36). The summed E-state index contributed by atoms with van der Waals surface area (Å²) in [5, 5.41) is 14.7. The zero-order valence-electron chi connectivity index (χ0n) is 21.6. The van der Waals surface area contributed by atoms with Crippen molar-refractivity contribution in [2.24, 2.45) is 5.10 Å². The van der Waals surface area contributed by atoms with Gasteiger partial charge < -0.3 is 23.9 Å². The zero-order chi connectivity index (χ0) is 27.2. The van der Waals surface area contributed by atoms with Crippen LogP contribution in [0.25, 0.3) is 33.2 Å². The van der Waals surface area contributed by atoms with Gasteiger partial charge in [0.25, 0.3) is 5.89 Å². The zero-order valence-corrected chi connectivity index (χ0v) is 21.6. The summed E-state index contributed by atoms with van der Waals surface area (Å²) in [5.41, 5.74) is 4.03. The fourth-order valence-electron chi connectivity index (χ4n) is 5.18. The number of hydrogen-bond acceptors (Lipinski definition) is 8. The Bertz CT molecular complexity index is 1840. The van der Waals surface area contributed by atoms with Crippen LogP contribution in [-0.2, 0) is 16.1 Å². The van der Waals surface area contributed by atoms with Gasteiger partial charge in [-0.1, -0.05) is 23.4 Å². The monoisotopic (exact) mass is 536 g/mol. The molecule has 11 nitrogen and oxygen atoms in total. The lowest BCUT2D eigenvalue weighted by atomic mass is 10.1. The van der Waals surface area contributed by atoms with E-state index in [9.17, 15) is 9.59 Å². The van der Waals surface area contributed by atoms with Crippen LogP contribution in [0.3, 0.4) is 0 Å². The van der Waals surface area contributed by atoms with Gasteiger partial charge >= 0.3 is 0 Å². The van der Waals surface area contributed by atoms with E-state index in [1.54, 1.807) is 12.1 Å². The van der Waals surface area contributed by atoms with Crippen LogP contribution in [-0.4, -0.2) is 50.6 Å². The number of aromatic nitrogens is 3. The molecule has 4 heterocycles. The van der Waals surface area contributed by atoms with Gasteiger partial charge in [0.15, 0.2) is 11.5 Å². The molecular formula is C29H24N6O5. The molecule has 0 atom stereocenters. The maximum atomic E-state index is 13.0. The molecular weight excluding hydrogens is 512 g/mol. The number of benzene rings is 3. The lowest BCUT2D eigenvalue weighted by Gasteiger charge is -2.21. The smallest absolute Gasteiger partial charge is 0.274 e. The summed E-state index contributed by atoms with van der Waals surface area (Å²) in [6.45, 7) is 2.88. The summed E-state index contributed by atoms with van der Waals surface area (Å²) < 4.78 is 18.5. The van der Waals surface area contributed by atoms with Crippen molar-refractivity contribution in [2.45, 2.75) is 26.3 Å². The molecule has 200 valence electrons. The number of amides is 2. The topological polar surface area (TPSA) is 124 Å². The molecule has 5 aromatic rings. The van der Waals surface area contributed by atoms with E-state index in [0.717, 1.165) is 33.4 Å². The van der Waals surface area contributed by atoms with Crippen LogP contribution >= 0.6 is 0 Å². The molecule has 40 heavy (non-hydrogen) atoms. The number of hydrazone groups is 1. The lowest BCUT2D eigenvalue weighted by Crippen LogP contribution is -2.38. The summed E-state index contributed by atoms with van der Waals surface area (Å²) in [6, 6.07) is 19.4. The normalized spacial score (nSPS) is 14.7. The Hall–Kier alpha value is -5.19. The number of carbonyl (C=O) groups is 2. The number of aryl methyl sites for hydroxylation is 1. The van der Waals surface area contributed by atoms with Gasteiger partial charge in [-0.05, 0) is 49.4 Å². The minimum atomic E-state index is -0.358. The molecule has 2 amide bonds. The second-order valence-corrected chi connectivity index (χ2v) is 9.53. The van der Waals surface area contributed by atoms with Crippen molar-refractivity contribution < 1.29 is 23.6 Å². The second-order valence-electron chi connectivity index (χ2n) is 9.53. The molecule has 0 radical (unpaired) electrons. The summed E-state index contributed by atoms with van der Waals surface area (Å²) in [6.07, 6.45) is 0.508. The summed E-state index contributed by atoms with van der Waals surface area (Å²) in [7, 11) is 0. The van der Waals surface area contributed by atoms with E-state index in [2.05, 4.69) is 44.2 Å². The van der Waals surface area contributed by atoms with E-state index in [1.165, 1.54) is 0 Å². The number of rotatable bonds is 6. The van der Waals surface area contributed by atoms with Crippen molar-refractivity contribution in [3.8, 4) is 22.9 Å². The van der Waals surface area contributed by atoms with E-state index in [4.69, 9.17) is 14.0 Å². The largest absolute Gasteiger partial charge is 0.454 e. The third-order valence-corrected chi connectivity index (χ3v) is 7.07. The quantitative estimate of drug-likeness (QED) is 0.337. The molecule has 0 aliphatic carbocycles. The predicted molar refractivity (Wildman–Crippen MR) is 147 cm³/mol. The highest BCUT2D eigenvalue weighted by molar-refractivity contribution is 6.10. The molecule has 2 aliphatic rings. The molecule has 0 saturated carbocycles. The van der Waals surface area contributed by atoms with Crippen molar-refractivity contribution in [3.63, 3.8) is 0 Å². The van der Waals surface area contributed by atoms with Gasteiger partial charge in [0.1, 0.15) is 12.3 Å². The summed E-state index contributed by atoms with van der Waals surface area (Å²) >= 11 is 0. The summed E-state index contributed by atoms with van der Waals surface area (Å²) in [5.74, 6) is 1.21. The number of ether oxygens (including phenoxy) is 2. The van der Waals surface area contributed by atoms with E-state index in [1.807, 2.05) is 36.4 Å². The fourth-order valence-corrected chi connectivity index (χ4v) is 5.18. The molecule has 1 N–H and O–H groups in total. The van der Waals surface area contributed by atoms with Crippen LogP contribution in [0.1, 0.15) is 25.7 Å². The Balaban J connectivity index is 1.09. The Morgan fingerprint density at radius 2 is 1.82 bits per heavy atom. The Morgan fingerprint density at radius 1 is 0.975 bits per heavy atom. The molecule has 0 bridgehead atoms. The van der Waals surface area contributed by atoms with Crippen molar-refractivity contribution in [3.05, 3.63) is 66.6 Å². The van der Waals surface area contributed by atoms with Crippen LogP contribution in [0.5, 0.6) is 11.5 Å². The van der Waals surface area contributed by atoms with Gasteiger partial charge in [-0.2, -0.15) is 10.1 Å². The van der Waals surface area contributed by atoms with Gasteiger partial charge in [-0.3, -0.25) is 9.59 Å². The van der Waals surface area contributed by atoms with Gasteiger partial charge in [0, 0.05) is 52.4 Å². The number of nitrogens with one attached hydrogen (secondary N) is 1. The fraction of sp³-hybridized carbons (Fsp3) is 0.207. The molecule has 3 aromatic carbocycles. The molecule has 2 aliphatic heterocycles. The molecule has 11 heteroatoms. The Morgan fingerprint density at radius 3 is 2.73 bits per heavy atom. The average Bonchev–Trinajstić information content (AvgIpc) is 3.71. The predicted octanol–water partition coefficient (Wildman–Crippen LogP) is 4.56. The molecule has 0 spiro atoms. The van der Waals surface area contributed by atoms with E-state index >= 15 is 0 Å². The van der Waals surface area contributed by atoms with Crippen molar-refractivity contribution >= 4 is 45.0 Å². The van der Waals surface area contributed by atoms with E-state index < -0.39 is 0 Å². The highest BCUT2D eigenvalue weighted by Gasteiger charge is 2.27. The first-order valence-electron chi connectivity index (χ1n) is 13.0. The molecule has 7 rings (SSSR count). The average molecular weight is 537 g/mol. The summed E-state index contributed by atoms with van der Waals surface area (Å²) in [4.78, 5) is 30.0. The maximum Gasteiger partial charge on any atom is 0.274 e. The SMILES string of the molecule is CCn1c2ccccc2c2cc(NC(=O)CN3N=C(c4nc(-c5ccc6c(c5)OCO6)no4)CCC3=O)ccc21. The van der Waals surface area contributed by atoms with E-state index in [0.29, 0.717) is 40.7 Å². The number of fused-ring (bicyclic) bond motifs is 4. The molecule has 0 unspecified atom stereocenters. The van der Waals surface area contributed by atoms with Crippen LogP contribution in [0, 0.1) is 0 Å². The van der Waals surface area contributed by atoms with Crippen LogP contribution in [0.4, 0.5) is 5.69 Å². The van der Waals surface area contributed by atoms with E-state index in [-0.39, 0.29) is 37.5 Å². The number of nitrogens with zero attached hydrogens (tertiary/aromatic N) is 5. The van der Waals surface area contributed by atoms with Crippen LogP contribution in [0.2, 0.25) is 0 Å². The number of carbonyl (C=O) groups excluding carboxylic acids is 2. The van der Waals surface area contributed by atoms with Crippen molar-refractivity contribution in [1.29, 1.82) is 0 Å². The highest BCUT2D eigenvalue weighted by atomic mass is 16.7. The van der Waals surface area contributed by atoms with Gasteiger partial charge in [-0.15, -0.1) is 0 Å². The Labute approximate surface area is 228 Å². The van der Waals surface area contributed by atoms with Gasteiger partial charge in [-0.25, -0.2) is 5.01 Å². The molecule has 2 aromatic heterocycles. The van der Waals surface area contributed by atoms with Gasteiger partial charge in [0.05, 0.1) is 0 Å². The molecule has 0 saturated heterocycles. The molecule has 0 fully saturated rings. The van der Waals surface area contributed by atoms with Crippen molar-refractivity contribution in [1.82, 2.24) is 19.7 Å². The number of hydrogen-bond donors (Lipinski definition) is 1. The lowest BCUT2D eigenvalue weighted by molar-refractivity contribution is -0.135. The first-order chi connectivity index (χ1) is 19.6. The minimum Gasteiger partial charge on any atom is -0.454 e. The van der Waals surface area contributed by atoms with Gasteiger partial charge in [0.2, 0.25) is 24.4 Å². The van der Waals surface area contributed by atoms with Crippen LogP contribution in [0.15, 0.2) is 70.3 Å². The number of para-hydroxylation sites is 1. The third-order valence-electron chi connectivity index (χ3n) is 7.07. The first-order valence-corrected chi connectivity index (χ1v) is 13.0. The first kappa shape index (κ1) is 23.9. The third kappa shape index (κ3) is 4.12. The highest BCUT2D eigenvalue weighted by Crippen LogP contribution is 2.35.